The SMILES string of the molecule is C=CCN1CCC(=O)NC(C)(CC)C1=O. The first-order chi connectivity index (χ1) is 7.03. The molecule has 1 atom stereocenters. The van der Waals surface area contributed by atoms with E-state index in [1.807, 2.05) is 6.92 Å². The monoisotopic (exact) mass is 210 g/mol. The topological polar surface area (TPSA) is 49.4 Å². The molecule has 0 aliphatic carbocycles. The molecule has 4 nitrogen and oxygen atoms in total. The van der Waals surface area contributed by atoms with Gasteiger partial charge in [0.15, 0.2) is 0 Å². The van der Waals surface area contributed by atoms with Crippen LogP contribution in [0.5, 0.6) is 0 Å². The van der Waals surface area contributed by atoms with Crippen LogP contribution in [0.2, 0.25) is 0 Å². The summed E-state index contributed by atoms with van der Waals surface area (Å²) >= 11 is 0. The van der Waals surface area contributed by atoms with Crippen molar-refractivity contribution in [1.29, 1.82) is 0 Å². The second kappa shape index (κ2) is 4.47. The fourth-order valence-corrected chi connectivity index (χ4v) is 1.68. The summed E-state index contributed by atoms with van der Waals surface area (Å²) in [5.74, 6) is -0.0741. The average molecular weight is 210 g/mol. The van der Waals surface area contributed by atoms with E-state index in [4.69, 9.17) is 0 Å². The van der Waals surface area contributed by atoms with Crippen molar-refractivity contribution in [2.24, 2.45) is 0 Å². The van der Waals surface area contributed by atoms with Gasteiger partial charge in [-0.15, -0.1) is 6.58 Å². The number of hydrogen-bond donors (Lipinski definition) is 1. The minimum atomic E-state index is -0.753. The van der Waals surface area contributed by atoms with E-state index in [0.29, 0.717) is 25.9 Å². The van der Waals surface area contributed by atoms with Crippen LogP contribution in [0.4, 0.5) is 0 Å². The van der Waals surface area contributed by atoms with Crippen molar-refractivity contribution in [3.05, 3.63) is 12.7 Å². The number of carbonyl (C=O) groups excluding carboxylic acids is 2. The van der Waals surface area contributed by atoms with E-state index in [-0.39, 0.29) is 11.8 Å². The lowest BCUT2D eigenvalue weighted by Gasteiger charge is -2.30. The van der Waals surface area contributed by atoms with Crippen LogP contribution in [0, 0.1) is 0 Å². The van der Waals surface area contributed by atoms with Gasteiger partial charge in [0.25, 0.3) is 0 Å². The first kappa shape index (κ1) is 11.8. The van der Waals surface area contributed by atoms with Crippen molar-refractivity contribution >= 4 is 11.8 Å². The predicted molar refractivity (Wildman–Crippen MR) is 58.2 cm³/mol. The van der Waals surface area contributed by atoms with Gasteiger partial charge in [0, 0.05) is 19.5 Å². The number of amides is 2. The zero-order valence-electron chi connectivity index (χ0n) is 9.38. The van der Waals surface area contributed by atoms with Gasteiger partial charge in [-0.25, -0.2) is 0 Å². The number of hydrogen-bond acceptors (Lipinski definition) is 2. The van der Waals surface area contributed by atoms with Crippen LogP contribution in [0.15, 0.2) is 12.7 Å². The van der Waals surface area contributed by atoms with Crippen LogP contribution < -0.4 is 5.32 Å². The molecule has 2 amide bonds. The second-order valence-corrected chi connectivity index (χ2v) is 4.02. The molecule has 1 aliphatic rings. The Hall–Kier alpha value is -1.32. The zero-order valence-corrected chi connectivity index (χ0v) is 9.38. The highest BCUT2D eigenvalue weighted by molar-refractivity contribution is 5.93. The zero-order chi connectivity index (χ0) is 11.5. The highest BCUT2D eigenvalue weighted by Crippen LogP contribution is 2.17. The third-order valence-electron chi connectivity index (χ3n) is 2.84. The molecule has 1 unspecified atom stereocenters. The Morgan fingerprint density at radius 2 is 2.27 bits per heavy atom. The lowest BCUT2D eigenvalue weighted by atomic mass is 9.97. The van der Waals surface area contributed by atoms with E-state index in [1.165, 1.54) is 0 Å². The van der Waals surface area contributed by atoms with Gasteiger partial charge in [-0.1, -0.05) is 13.0 Å². The molecule has 1 saturated heterocycles. The van der Waals surface area contributed by atoms with Crippen LogP contribution in [0.3, 0.4) is 0 Å². The molecule has 15 heavy (non-hydrogen) atoms. The maximum atomic E-state index is 12.1. The van der Waals surface area contributed by atoms with Gasteiger partial charge in [-0.2, -0.15) is 0 Å². The van der Waals surface area contributed by atoms with Crippen molar-refractivity contribution in [1.82, 2.24) is 10.2 Å². The lowest BCUT2D eigenvalue weighted by molar-refractivity contribution is -0.137. The smallest absolute Gasteiger partial charge is 0.248 e. The molecule has 0 aromatic carbocycles. The Balaban J connectivity index is 2.91. The summed E-state index contributed by atoms with van der Waals surface area (Å²) in [5.41, 5.74) is -0.753. The van der Waals surface area contributed by atoms with Gasteiger partial charge in [-0.05, 0) is 13.3 Å². The Kier molecular flexibility index (Phi) is 3.50. The molecule has 1 heterocycles. The molecular weight excluding hydrogens is 192 g/mol. The molecule has 0 spiro atoms. The number of nitrogens with one attached hydrogen (secondary N) is 1. The highest BCUT2D eigenvalue weighted by atomic mass is 16.2. The molecule has 84 valence electrons. The Bertz CT molecular complexity index is 288. The lowest BCUT2D eigenvalue weighted by Crippen LogP contribution is -2.54. The second-order valence-electron chi connectivity index (χ2n) is 4.02. The molecule has 1 fully saturated rings. The number of nitrogens with zero attached hydrogens (tertiary/aromatic N) is 1. The molecule has 1 rings (SSSR count). The van der Waals surface area contributed by atoms with Crippen LogP contribution >= 0.6 is 0 Å². The average Bonchev–Trinajstić information content (AvgIpc) is 2.31. The Morgan fingerprint density at radius 3 is 2.80 bits per heavy atom. The maximum absolute atomic E-state index is 12.1. The molecule has 4 heteroatoms. The van der Waals surface area contributed by atoms with E-state index in [2.05, 4.69) is 11.9 Å². The van der Waals surface area contributed by atoms with E-state index in [1.54, 1.807) is 17.9 Å². The summed E-state index contributed by atoms with van der Waals surface area (Å²) in [4.78, 5) is 25.2. The summed E-state index contributed by atoms with van der Waals surface area (Å²) in [6.07, 6.45) is 2.66. The van der Waals surface area contributed by atoms with Crippen LogP contribution in [-0.4, -0.2) is 35.3 Å². The minimum absolute atomic E-state index is 0.0178. The Morgan fingerprint density at radius 1 is 1.60 bits per heavy atom. The minimum Gasteiger partial charge on any atom is -0.342 e. The predicted octanol–water partition coefficient (Wildman–Crippen LogP) is 0.690. The normalized spacial score (nSPS) is 27.2. The molecule has 1 aliphatic heterocycles. The summed E-state index contributed by atoms with van der Waals surface area (Å²) in [6, 6.07) is 0. The van der Waals surface area contributed by atoms with Crippen LogP contribution in [-0.2, 0) is 9.59 Å². The third kappa shape index (κ3) is 2.37. The van der Waals surface area contributed by atoms with Gasteiger partial charge in [0.05, 0.1) is 0 Å². The fraction of sp³-hybridized carbons (Fsp3) is 0.636. The number of carbonyl (C=O) groups is 2. The van der Waals surface area contributed by atoms with E-state index < -0.39 is 5.54 Å². The van der Waals surface area contributed by atoms with Gasteiger partial charge in [0.2, 0.25) is 11.8 Å². The summed E-state index contributed by atoms with van der Waals surface area (Å²) < 4.78 is 0. The van der Waals surface area contributed by atoms with Crippen molar-refractivity contribution in [2.45, 2.75) is 32.2 Å². The summed E-state index contributed by atoms with van der Waals surface area (Å²) in [5, 5.41) is 2.78. The first-order valence-electron chi connectivity index (χ1n) is 5.25. The maximum Gasteiger partial charge on any atom is 0.248 e. The van der Waals surface area contributed by atoms with Crippen molar-refractivity contribution in [3.8, 4) is 0 Å². The van der Waals surface area contributed by atoms with Gasteiger partial charge < -0.3 is 10.2 Å². The van der Waals surface area contributed by atoms with Crippen molar-refractivity contribution < 1.29 is 9.59 Å². The van der Waals surface area contributed by atoms with Gasteiger partial charge in [0.1, 0.15) is 5.54 Å². The quantitative estimate of drug-likeness (QED) is 0.697. The van der Waals surface area contributed by atoms with Crippen molar-refractivity contribution in [2.75, 3.05) is 13.1 Å². The molecule has 0 bridgehead atoms. The van der Waals surface area contributed by atoms with Crippen LogP contribution in [0.1, 0.15) is 26.7 Å². The molecule has 0 aromatic rings. The van der Waals surface area contributed by atoms with Gasteiger partial charge in [-0.3, -0.25) is 9.59 Å². The van der Waals surface area contributed by atoms with E-state index in [0.717, 1.165) is 0 Å². The molecule has 0 radical (unpaired) electrons. The van der Waals surface area contributed by atoms with Gasteiger partial charge >= 0.3 is 0 Å². The summed E-state index contributed by atoms with van der Waals surface area (Å²) in [7, 11) is 0. The third-order valence-corrected chi connectivity index (χ3v) is 2.84. The fourth-order valence-electron chi connectivity index (χ4n) is 1.68. The molecule has 0 aromatic heterocycles. The standard InChI is InChI=1S/C11H18N2O2/c1-4-7-13-8-6-9(14)12-11(3,5-2)10(13)15/h4H,1,5-8H2,2-3H3,(H,12,14). The van der Waals surface area contributed by atoms with Crippen LogP contribution in [0.25, 0.3) is 0 Å². The molecule has 0 saturated carbocycles. The highest BCUT2D eigenvalue weighted by Gasteiger charge is 2.38. The van der Waals surface area contributed by atoms with Crippen molar-refractivity contribution in [3.63, 3.8) is 0 Å². The largest absolute Gasteiger partial charge is 0.342 e. The molecule has 1 N–H and O–H groups in total. The molecular formula is C11H18N2O2. The van der Waals surface area contributed by atoms with E-state index in [9.17, 15) is 9.59 Å². The number of rotatable bonds is 3. The first-order valence-corrected chi connectivity index (χ1v) is 5.25. The van der Waals surface area contributed by atoms with E-state index >= 15 is 0 Å². The summed E-state index contributed by atoms with van der Waals surface area (Å²) in [6.45, 7) is 8.27. The Labute approximate surface area is 90.3 Å².